The highest BCUT2D eigenvalue weighted by molar-refractivity contribution is 7.13. The van der Waals surface area contributed by atoms with E-state index in [0.29, 0.717) is 5.96 Å². The molecule has 1 aliphatic heterocycles. The molecule has 7 heteroatoms. The molecule has 2 aromatic rings. The normalized spacial score (nSPS) is 15.5. The highest BCUT2D eigenvalue weighted by atomic mass is 32.1. The lowest BCUT2D eigenvalue weighted by Gasteiger charge is -2.35. The van der Waals surface area contributed by atoms with Crippen molar-refractivity contribution in [2.45, 2.75) is 6.42 Å². The standard InChI is InChI=1S/C18H26N6S/c1-22(16-6-3-2-4-7-16)10-5-8-20-17(19)23-11-13-24(14-12-23)18-21-9-15-25-18/h2-4,6-7,9,15H,5,8,10-14H2,1H3,(H2,19,20). The summed E-state index contributed by atoms with van der Waals surface area (Å²) in [6.07, 6.45) is 2.85. The molecule has 0 amide bonds. The first-order chi connectivity index (χ1) is 12.2. The fourth-order valence-electron chi connectivity index (χ4n) is 2.91. The van der Waals surface area contributed by atoms with E-state index in [1.54, 1.807) is 11.3 Å². The van der Waals surface area contributed by atoms with E-state index in [0.717, 1.165) is 50.8 Å². The molecule has 0 unspecified atom stereocenters. The number of nitrogens with two attached hydrogens (primary N) is 1. The topological polar surface area (TPSA) is 61.0 Å². The lowest BCUT2D eigenvalue weighted by atomic mass is 10.3. The molecule has 3 rings (SSSR count). The maximum Gasteiger partial charge on any atom is 0.191 e. The van der Waals surface area contributed by atoms with Gasteiger partial charge in [-0.05, 0) is 18.6 Å². The first-order valence-corrected chi connectivity index (χ1v) is 9.57. The zero-order valence-corrected chi connectivity index (χ0v) is 15.5. The number of piperazine rings is 1. The highest BCUT2D eigenvalue weighted by Crippen LogP contribution is 2.18. The zero-order chi connectivity index (χ0) is 17.5. The minimum absolute atomic E-state index is 0.668. The number of guanidine groups is 1. The molecule has 1 aromatic carbocycles. The lowest BCUT2D eigenvalue weighted by Crippen LogP contribution is -2.51. The van der Waals surface area contributed by atoms with Crippen LogP contribution in [0.3, 0.4) is 0 Å². The summed E-state index contributed by atoms with van der Waals surface area (Å²) in [5.74, 6) is 0.668. The Labute approximate surface area is 153 Å². The first-order valence-electron chi connectivity index (χ1n) is 8.69. The molecule has 0 saturated carbocycles. The van der Waals surface area contributed by atoms with Gasteiger partial charge in [-0.25, -0.2) is 4.98 Å². The summed E-state index contributed by atoms with van der Waals surface area (Å²) in [5, 5.41) is 3.11. The van der Waals surface area contributed by atoms with E-state index in [2.05, 4.69) is 56.0 Å². The Morgan fingerprint density at radius 3 is 2.68 bits per heavy atom. The van der Waals surface area contributed by atoms with Crippen molar-refractivity contribution in [1.82, 2.24) is 9.88 Å². The maximum atomic E-state index is 6.17. The number of nitrogens with zero attached hydrogens (tertiary/aromatic N) is 5. The van der Waals surface area contributed by atoms with Crippen LogP contribution in [0.15, 0.2) is 46.9 Å². The summed E-state index contributed by atoms with van der Waals surface area (Å²) in [6, 6.07) is 10.4. The van der Waals surface area contributed by atoms with Gasteiger partial charge in [0.05, 0.1) is 0 Å². The number of para-hydroxylation sites is 1. The van der Waals surface area contributed by atoms with Crippen LogP contribution in [-0.4, -0.2) is 62.2 Å². The molecule has 0 aliphatic carbocycles. The van der Waals surface area contributed by atoms with Crippen molar-refractivity contribution in [2.75, 3.05) is 56.1 Å². The molecule has 1 aromatic heterocycles. The van der Waals surface area contributed by atoms with Crippen molar-refractivity contribution < 1.29 is 0 Å². The van der Waals surface area contributed by atoms with Crippen molar-refractivity contribution >= 4 is 28.1 Å². The number of hydrogen-bond acceptors (Lipinski definition) is 5. The molecular weight excluding hydrogens is 332 g/mol. The van der Waals surface area contributed by atoms with Crippen LogP contribution in [0.1, 0.15) is 6.42 Å². The van der Waals surface area contributed by atoms with Crippen LogP contribution in [0.2, 0.25) is 0 Å². The van der Waals surface area contributed by atoms with Gasteiger partial charge in [-0.2, -0.15) is 0 Å². The number of thiazole rings is 1. The van der Waals surface area contributed by atoms with Crippen LogP contribution in [0.4, 0.5) is 10.8 Å². The molecule has 0 radical (unpaired) electrons. The third kappa shape index (κ3) is 4.85. The number of aromatic nitrogens is 1. The quantitative estimate of drug-likeness (QED) is 0.487. The number of benzene rings is 1. The van der Waals surface area contributed by atoms with Crippen molar-refractivity contribution in [3.8, 4) is 0 Å². The second kappa shape index (κ2) is 8.71. The minimum atomic E-state index is 0.668. The van der Waals surface area contributed by atoms with E-state index in [1.165, 1.54) is 5.69 Å². The van der Waals surface area contributed by atoms with Crippen LogP contribution in [0.25, 0.3) is 0 Å². The average Bonchev–Trinajstić information content (AvgIpc) is 3.20. The van der Waals surface area contributed by atoms with Gasteiger partial charge in [0.2, 0.25) is 0 Å². The fraction of sp³-hybridized carbons (Fsp3) is 0.444. The predicted octanol–water partition coefficient (Wildman–Crippen LogP) is 2.11. The van der Waals surface area contributed by atoms with Crippen LogP contribution in [0, 0.1) is 0 Å². The van der Waals surface area contributed by atoms with Crippen molar-refractivity contribution in [3.63, 3.8) is 0 Å². The molecule has 6 nitrogen and oxygen atoms in total. The first kappa shape index (κ1) is 17.5. The highest BCUT2D eigenvalue weighted by Gasteiger charge is 2.19. The average molecular weight is 359 g/mol. The largest absolute Gasteiger partial charge is 0.375 e. The van der Waals surface area contributed by atoms with Gasteiger partial charge in [-0.1, -0.05) is 18.2 Å². The predicted molar refractivity (Wildman–Crippen MR) is 107 cm³/mol. The Morgan fingerprint density at radius 2 is 2.00 bits per heavy atom. The van der Waals surface area contributed by atoms with Crippen LogP contribution in [0.5, 0.6) is 0 Å². The van der Waals surface area contributed by atoms with E-state index in [1.807, 2.05) is 17.6 Å². The van der Waals surface area contributed by atoms with Crippen molar-refractivity contribution in [2.24, 2.45) is 10.7 Å². The van der Waals surface area contributed by atoms with E-state index >= 15 is 0 Å². The van der Waals surface area contributed by atoms with Gasteiger partial charge in [0.1, 0.15) is 0 Å². The van der Waals surface area contributed by atoms with E-state index in [-0.39, 0.29) is 0 Å². The van der Waals surface area contributed by atoms with E-state index < -0.39 is 0 Å². The SMILES string of the molecule is CN(CCCN=C(N)N1CCN(c2nccs2)CC1)c1ccccc1. The van der Waals surface area contributed by atoms with Gasteiger partial charge in [-0.15, -0.1) is 11.3 Å². The molecule has 1 saturated heterocycles. The molecule has 134 valence electrons. The molecular formula is C18H26N6S. The van der Waals surface area contributed by atoms with Crippen molar-refractivity contribution in [3.05, 3.63) is 41.9 Å². The number of aliphatic imine (C=N–C) groups is 1. The summed E-state index contributed by atoms with van der Waals surface area (Å²) < 4.78 is 0. The lowest BCUT2D eigenvalue weighted by molar-refractivity contribution is 0.380. The maximum absolute atomic E-state index is 6.17. The van der Waals surface area contributed by atoms with Gasteiger partial charge in [-0.3, -0.25) is 4.99 Å². The van der Waals surface area contributed by atoms with Crippen molar-refractivity contribution in [1.29, 1.82) is 0 Å². The minimum Gasteiger partial charge on any atom is -0.375 e. The third-order valence-electron chi connectivity index (χ3n) is 4.42. The van der Waals surface area contributed by atoms with Gasteiger partial charge >= 0.3 is 0 Å². The van der Waals surface area contributed by atoms with Gasteiger partial charge in [0, 0.05) is 63.6 Å². The Hall–Kier alpha value is -2.28. The van der Waals surface area contributed by atoms with E-state index in [9.17, 15) is 0 Å². The summed E-state index contributed by atoms with van der Waals surface area (Å²) >= 11 is 1.69. The Morgan fingerprint density at radius 1 is 1.24 bits per heavy atom. The Bertz CT molecular complexity index is 649. The second-order valence-electron chi connectivity index (χ2n) is 6.14. The van der Waals surface area contributed by atoms with Gasteiger partial charge in [0.15, 0.2) is 11.1 Å². The van der Waals surface area contributed by atoms with Gasteiger partial charge < -0.3 is 20.4 Å². The summed E-state index contributed by atoms with van der Waals surface area (Å²) in [5.41, 5.74) is 7.41. The summed E-state index contributed by atoms with van der Waals surface area (Å²) in [7, 11) is 2.11. The molecule has 2 N–H and O–H groups in total. The second-order valence-corrected chi connectivity index (χ2v) is 7.01. The molecule has 2 heterocycles. The molecule has 0 atom stereocenters. The number of rotatable bonds is 6. The van der Waals surface area contributed by atoms with Crippen LogP contribution >= 0.6 is 11.3 Å². The van der Waals surface area contributed by atoms with Gasteiger partial charge in [0.25, 0.3) is 0 Å². The summed E-state index contributed by atoms with van der Waals surface area (Å²) in [4.78, 5) is 15.7. The monoisotopic (exact) mass is 358 g/mol. The summed E-state index contributed by atoms with van der Waals surface area (Å²) in [6.45, 7) is 5.42. The third-order valence-corrected chi connectivity index (χ3v) is 5.25. The molecule has 1 fully saturated rings. The molecule has 0 bridgehead atoms. The number of anilines is 2. The Balaban J connectivity index is 1.39. The molecule has 1 aliphatic rings. The fourth-order valence-corrected chi connectivity index (χ4v) is 3.61. The molecule has 0 spiro atoms. The van der Waals surface area contributed by atoms with Crippen LogP contribution in [-0.2, 0) is 0 Å². The Kier molecular flexibility index (Phi) is 6.11. The zero-order valence-electron chi connectivity index (χ0n) is 14.7. The number of hydrogen-bond donors (Lipinski definition) is 1. The smallest absolute Gasteiger partial charge is 0.191 e. The molecule has 25 heavy (non-hydrogen) atoms. The van der Waals surface area contributed by atoms with E-state index in [4.69, 9.17) is 5.73 Å². The van der Waals surface area contributed by atoms with Crippen LogP contribution < -0.4 is 15.5 Å².